The maximum atomic E-state index is 10.9. The predicted octanol–water partition coefficient (Wildman–Crippen LogP) is 0.847. The minimum Gasteiger partial charge on any atom is -0.460 e. The molecule has 6 nitrogen and oxygen atoms in total. The molecule has 1 fully saturated rings. The van der Waals surface area contributed by atoms with Crippen LogP contribution in [0.15, 0.2) is 10.2 Å². The molecule has 6 heteroatoms. The van der Waals surface area contributed by atoms with E-state index in [1.54, 1.807) is 0 Å². The summed E-state index contributed by atoms with van der Waals surface area (Å²) in [4.78, 5) is 21.8. The van der Waals surface area contributed by atoms with Gasteiger partial charge in [-0.05, 0) is 0 Å². The summed E-state index contributed by atoms with van der Waals surface area (Å²) in [6, 6.07) is -0.138. The van der Waals surface area contributed by atoms with E-state index in [1.165, 1.54) is 13.8 Å². The third-order valence-electron chi connectivity index (χ3n) is 2.80. The van der Waals surface area contributed by atoms with Gasteiger partial charge in [-0.15, -0.1) is 0 Å². The molecule has 1 saturated carbocycles. The molecule has 1 heterocycles. The molecule has 0 unspecified atom stereocenters. The average Bonchev–Trinajstić information content (AvgIpc) is 2.57. The summed E-state index contributed by atoms with van der Waals surface area (Å²) in [6.07, 6.45) is 0.547. The van der Waals surface area contributed by atoms with E-state index in [2.05, 4.69) is 10.2 Å². The van der Waals surface area contributed by atoms with Crippen molar-refractivity contribution < 1.29 is 19.1 Å². The molecule has 0 amide bonds. The molecule has 16 heavy (non-hydrogen) atoms. The van der Waals surface area contributed by atoms with Gasteiger partial charge in [-0.2, -0.15) is 10.2 Å². The van der Waals surface area contributed by atoms with E-state index < -0.39 is 0 Å². The van der Waals surface area contributed by atoms with Crippen LogP contribution in [0.3, 0.4) is 0 Å². The summed E-state index contributed by atoms with van der Waals surface area (Å²) in [5.41, 5.74) is 0. The smallest absolute Gasteiger partial charge is 0.302 e. The lowest BCUT2D eigenvalue weighted by atomic mass is 9.88. The summed E-state index contributed by atoms with van der Waals surface area (Å²) in [5.74, 6) is -0.681. The second kappa shape index (κ2) is 4.19. The highest BCUT2D eigenvalue weighted by molar-refractivity contribution is 5.67. The first-order valence-corrected chi connectivity index (χ1v) is 5.30. The Morgan fingerprint density at radius 2 is 1.38 bits per heavy atom. The Morgan fingerprint density at radius 1 is 0.938 bits per heavy atom. The lowest BCUT2D eigenvalue weighted by Crippen LogP contribution is -2.43. The van der Waals surface area contributed by atoms with Gasteiger partial charge in [-0.25, -0.2) is 0 Å². The molecule has 2 rings (SSSR count). The van der Waals surface area contributed by atoms with Crippen LogP contribution in [-0.2, 0) is 19.1 Å². The highest BCUT2D eigenvalue weighted by atomic mass is 16.6. The fourth-order valence-electron chi connectivity index (χ4n) is 2.19. The van der Waals surface area contributed by atoms with Crippen LogP contribution in [0.4, 0.5) is 0 Å². The molecule has 0 radical (unpaired) electrons. The second-order valence-corrected chi connectivity index (χ2v) is 4.13. The minimum absolute atomic E-state index is 0.0688. The van der Waals surface area contributed by atoms with Gasteiger partial charge in [0.25, 0.3) is 0 Å². The topological polar surface area (TPSA) is 77.3 Å². The van der Waals surface area contributed by atoms with Gasteiger partial charge in [0.2, 0.25) is 0 Å². The number of carbonyl (C=O) groups excluding carboxylic acids is 2. The predicted molar refractivity (Wildman–Crippen MR) is 52.8 cm³/mol. The van der Waals surface area contributed by atoms with E-state index >= 15 is 0 Å². The van der Waals surface area contributed by atoms with Crippen molar-refractivity contribution in [1.82, 2.24) is 0 Å². The van der Waals surface area contributed by atoms with Gasteiger partial charge in [-0.3, -0.25) is 9.59 Å². The van der Waals surface area contributed by atoms with Crippen LogP contribution < -0.4 is 0 Å². The third kappa shape index (κ3) is 2.20. The molecule has 0 aromatic heterocycles. The number of carbonyl (C=O) groups is 2. The number of nitrogens with zero attached hydrogens (tertiary/aromatic N) is 2. The van der Waals surface area contributed by atoms with Crippen molar-refractivity contribution in [1.29, 1.82) is 0 Å². The SMILES string of the molecule is CC(=O)O[C@H]1C[C@@H](OC(C)=O)[C@H]2C[C@@H]1N=N2. The van der Waals surface area contributed by atoms with Gasteiger partial charge in [0.05, 0.1) is 0 Å². The van der Waals surface area contributed by atoms with Crippen molar-refractivity contribution in [2.24, 2.45) is 10.2 Å². The van der Waals surface area contributed by atoms with E-state index in [9.17, 15) is 9.59 Å². The summed E-state index contributed by atoms with van der Waals surface area (Å²) in [5, 5.41) is 8.09. The second-order valence-electron chi connectivity index (χ2n) is 4.13. The van der Waals surface area contributed by atoms with Gasteiger partial charge >= 0.3 is 11.9 Å². The molecule has 0 spiro atoms. The average molecular weight is 226 g/mol. The number of fused-ring (bicyclic) bond motifs is 2. The molecule has 0 saturated heterocycles. The van der Waals surface area contributed by atoms with E-state index in [0.29, 0.717) is 12.8 Å². The Kier molecular flexibility index (Phi) is 2.89. The van der Waals surface area contributed by atoms with Crippen LogP contribution in [0.5, 0.6) is 0 Å². The Morgan fingerprint density at radius 3 is 1.75 bits per heavy atom. The fraction of sp³-hybridized carbons (Fsp3) is 0.800. The van der Waals surface area contributed by atoms with E-state index in [-0.39, 0.29) is 36.2 Å². The van der Waals surface area contributed by atoms with Gasteiger partial charge in [0, 0.05) is 26.7 Å². The molecule has 1 aliphatic carbocycles. The lowest BCUT2D eigenvalue weighted by Gasteiger charge is -2.31. The Balaban J connectivity index is 2.04. The van der Waals surface area contributed by atoms with Crippen LogP contribution in [-0.4, -0.2) is 36.2 Å². The summed E-state index contributed by atoms with van der Waals surface area (Å²) >= 11 is 0. The minimum atomic E-state index is -0.341. The van der Waals surface area contributed by atoms with Crippen LogP contribution in [0.1, 0.15) is 26.7 Å². The van der Waals surface area contributed by atoms with Crippen LogP contribution >= 0.6 is 0 Å². The Bertz CT molecular complexity index is 312. The first kappa shape index (κ1) is 11.0. The zero-order chi connectivity index (χ0) is 11.7. The molecule has 1 aliphatic heterocycles. The molecule has 0 N–H and O–H groups in total. The van der Waals surface area contributed by atoms with Crippen molar-refractivity contribution >= 4 is 11.9 Å². The van der Waals surface area contributed by atoms with Gasteiger partial charge in [0.1, 0.15) is 24.3 Å². The number of hydrogen-bond acceptors (Lipinski definition) is 6. The quantitative estimate of drug-likeness (QED) is 0.654. The van der Waals surface area contributed by atoms with Crippen molar-refractivity contribution in [3.63, 3.8) is 0 Å². The molecule has 2 bridgehead atoms. The van der Waals surface area contributed by atoms with Gasteiger partial charge in [-0.1, -0.05) is 0 Å². The Labute approximate surface area is 93.0 Å². The van der Waals surface area contributed by atoms with Crippen molar-refractivity contribution in [3.05, 3.63) is 0 Å². The van der Waals surface area contributed by atoms with E-state index in [0.717, 1.165) is 0 Å². The van der Waals surface area contributed by atoms with Crippen LogP contribution in [0, 0.1) is 0 Å². The monoisotopic (exact) mass is 226 g/mol. The molecular formula is C10H14N2O4. The molecule has 88 valence electrons. The first-order valence-electron chi connectivity index (χ1n) is 5.30. The highest BCUT2D eigenvalue weighted by Crippen LogP contribution is 2.34. The van der Waals surface area contributed by atoms with Crippen molar-refractivity contribution in [2.75, 3.05) is 0 Å². The zero-order valence-corrected chi connectivity index (χ0v) is 9.25. The van der Waals surface area contributed by atoms with Gasteiger partial charge < -0.3 is 9.47 Å². The van der Waals surface area contributed by atoms with E-state index in [1.807, 2.05) is 0 Å². The first-order chi connectivity index (χ1) is 7.56. The largest absolute Gasteiger partial charge is 0.460 e. The van der Waals surface area contributed by atoms with Crippen molar-refractivity contribution in [2.45, 2.75) is 51.0 Å². The highest BCUT2D eigenvalue weighted by Gasteiger charge is 2.44. The van der Waals surface area contributed by atoms with E-state index in [4.69, 9.17) is 9.47 Å². The normalized spacial score (nSPS) is 35.9. The zero-order valence-electron chi connectivity index (χ0n) is 9.25. The Hall–Kier alpha value is -1.46. The van der Waals surface area contributed by atoms with Crippen molar-refractivity contribution in [3.8, 4) is 0 Å². The fourth-order valence-corrected chi connectivity index (χ4v) is 2.19. The third-order valence-corrected chi connectivity index (χ3v) is 2.80. The number of esters is 2. The maximum absolute atomic E-state index is 10.9. The van der Waals surface area contributed by atoms with Crippen LogP contribution in [0.25, 0.3) is 0 Å². The molecule has 4 atom stereocenters. The standard InChI is InChI=1S/C10H14N2O4/c1-5(13)15-9-4-10(16-6(2)14)8-3-7(9)11-12-8/h7-10H,3-4H2,1-2H3/t7-,8+,9-,10+. The summed E-state index contributed by atoms with van der Waals surface area (Å²) in [6.45, 7) is 2.72. The number of azo groups is 1. The van der Waals surface area contributed by atoms with Crippen LogP contribution in [0.2, 0.25) is 0 Å². The molecule has 0 aromatic rings. The molecule has 0 aromatic carbocycles. The maximum Gasteiger partial charge on any atom is 0.302 e. The lowest BCUT2D eigenvalue weighted by molar-refractivity contribution is -0.156. The van der Waals surface area contributed by atoms with Gasteiger partial charge in [0.15, 0.2) is 0 Å². The molecule has 2 aliphatic rings. The summed E-state index contributed by atoms with van der Waals surface area (Å²) in [7, 11) is 0. The number of ether oxygens (including phenoxy) is 2. The molecular weight excluding hydrogens is 212 g/mol. The number of hydrogen-bond donors (Lipinski definition) is 0. The number of rotatable bonds is 2. The summed E-state index contributed by atoms with van der Waals surface area (Å²) < 4.78 is 10.3.